The summed E-state index contributed by atoms with van der Waals surface area (Å²) in [5, 5.41) is 10.0. The van der Waals surface area contributed by atoms with Crippen molar-refractivity contribution in [2.45, 2.75) is 71.3 Å². The maximum atomic E-state index is 10.0. The Morgan fingerprint density at radius 2 is 1.86 bits per heavy atom. The lowest BCUT2D eigenvalue weighted by atomic mass is 9.90. The van der Waals surface area contributed by atoms with Crippen LogP contribution in [0.2, 0.25) is 0 Å². The van der Waals surface area contributed by atoms with Crippen molar-refractivity contribution < 1.29 is 5.11 Å². The molecule has 0 aliphatic heterocycles. The Morgan fingerprint density at radius 1 is 1.05 bits per heavy atom. The topological polar surface area (TPSA) is 46.2 Å². The fraction of sp³-hybridized carbons (Fsp3) is 0.684. The number of hydrogen-bond acceptors (Lipinski definition) is 2. The highest BCUT2D eigenvalue weighted by Crippen LogP contribution is 2.23. The van der Waals surface area contributed by atoms with Gasteiger partial charge in [-0.05, 0) is 42.9 Å². The number of aliphatic hydroxyl groups excluding tert-OH is 1. The van der Waals surface area contributed by atoms with Crippen molar-refractivity contribution in [2.75, 3.05) is 6.54 Å². The number of nitrogens with two attached hydrogens (primary N) is 1. The average molecular weight is 291 g/mol. The normalized spacial score (nSPS) is 14.1. The molecule has 1 aromatic rings. The smallest absolute Gasteiger partial charge is 0.0802 e. The van der Waals surface area contributed by atoms with Gasteiger partial charge in [0.1, 0.15) is 0 Å². The van der Waals surface area contributed by atoms with Gasteiger partial charge in [-0.15, -0.1) is 0 Å². The molecule has 120 valence electrons. The van der Waals surface area contributed by atoms with E-state index in [0.29, 0.717) is 13.0 Å². The van der Waals surface area contributed by atoms with Gasteiger partial charge in [-0.2, -0.15) is 0 Å². The molecule has 0 spiro atoms. The Bertz CT molecular complexity index is 378. The van der Waals surface area contributed by atoms with Crippen LogP contribution in [-0.4, -0.2) is 11.7 Å². The SMILES string of the molecule is CCCCC(CCC)CCc1cccc(C(O)CCN)c1. The minimum atomic E-state index is -0.415. The summed E-state index contributed by atoms with van der Waals surface area (Å²) in [5.41, 5.74) is 7.88. The zero-order valence-corrected chi connectivity index (χ0v) is 13.9. The number of unbranched alkanes of at least 4 members (excludes halogenated alkanes) is 1. The molecule has 0 heterocycles. The lowest BCUT2D eigenvalue weighted by Gasteiger charge is -2.16. The van der Waals surface area contributed by atoms with Gasteiger partial charge in [-0.1, -0.05) is 70.2 Å². The number of hydrogen-bond donors (Lipinski definition) is 2. The van der Waals surface area contributed by atoms with Crippen molar-refractivity contribution in [1.82, 2.24) is 0 Å². The van der Waals surface area contributed by atoms with Gasteiger partial charge in [-0.3, -0.25) is 0 Å². The van der Waals surface area contributed by atoms with Gasteiger partial charge >= 0.3 is 0 Å². The Hall–Kier alpha value is -0.860. The molecule has 0 fully saturated rings. The van der Waals surface area contributed by atoms with E-state index >= 15 is 0 Å². The van der Waals surface area contributed by atoms with E-state index in [2.05, 4.69) is 32.0 Å². The number of aliphatic hydroxyl groups is 1. The minimum absolute atomic E-state index is 0.415. The van der Waals surface area contributed by atoms with Crippen LogP contribution in [0.1, 0.15) is 76.0 Å². The van der Waals surface area contributed by atoms with E-state index in [-0.39, 0.29) is 0 Å². The second-order valence-electron chi connectivity index (χ2n) is 6.17. The van der Waals surface area contributed by atoms with E-state index < -0.39 is 6.10 Å². The average Bonchev–Trinajstić information content (AvgIpc) is 2.50. The third-order valence-corrected chi connectivity index (χ3v) is 4.28. The number of aryl methyl sites for hydroxylation is 1. The summed E-state index contributed by atoms with van der Waals surface area (Å²) in [7, 11) is 0. The van der Waals surface area contributed by atoms with Crippen LogP contribution >= 0.6 is 0 Å². The fourth-order valence-electron chi connectivity index (χ4n) is 2.99. The van der Waals surface area contributed by atoms with Crippen molar-refractivity contribution in [3.63, 3.8) is 0 Å². The molecule has 3 N–H and O–H groups in total. The first-order valence-electron chi connectivity index (χ1n) is 8.68. The maximum absolute atomic E-state index is 10.0. The summed E-state index contributed by atoms with van der Waals surface area (Å²) < 4.78 is 0. The Morgan fingerprint density at radius 3 is 2.52 bits per heavy atom. The molecule has 2 unspecified atom stereocenters. The zero-order valence-electron chi connectivity index (χ0n) is 13.9. The monoisotopic (exact) mass is 291 g/mol. The molecule has 0 aromatic heterocycles. The Labute approximate surface area is 130 Å². The van der Waals surface area contributed by atoms with E-state index in [1.807, 2.05) is 6.07 Å². The van der Waals surface area contributed by atoms with Gasteiger partial charge in [0.15, 0.2) is 0 Å². The van der Waals surface area contributed by atoms with Crippen molar-refractivity contribution >= 4 is 0 Å². The largest absolute Gasteiger partial charge is 0.388 e. The zero-order chi connectivity index (χ0) is 15.5. The van der Waals surface area contributed by atoms with Gasteiger partial charge in [0.05, 0.1) is 6.10 Å². The second kappa shape index (κ2) is 10.8. The molecule has 1 aromatic carbocycles. The summed E-state index contributed by atoms with van der Waals surface area (Å²) in [6.45, 7) is 5.08. The van der Waals surface area contributed by atoms with Crippen LogP contribution in [0, 0.1) is 5.92 Å². The van der Waals surface area contributed by atoms with Gasteiger partial charge in [0.25, 0.3) is 0 Å². The highest BCUT2D eigenvalue weighted by atomic mass is 16.3. The molecule has 1 rings (SSSR count). The molecule has 2 heteroatoms. The molecule has 0 saturated heterocycles. The molecule has 0 bridgehead atoms. The summed E-state index contributed by atoms with van der Waals surface area (Å²) in [4.78, 5) is 0. The molecule has 21 heavy (non-hydrogen) atoms. The van der Waals surface area contributed by atoms with E-state index in [1.54, 1.807) is 0 Å². The van der Waals surface area contributed by atoms with Crippen LogP contribution in [0.4, 0.5) is 0 Å². The lowest BCUT2D eigenvalue weighted by Crippen LogP contribution is -2.07. The van der Waals surface area contributed by atoms with E-state index in [1.165, 1.54) is 44.1 Å². The Balaban J connectivity index is 2.54. The quantitative estimate of drug-likeness (QED) is 0.625. The summed E-state index contributed by atoms with van der Waals surface area (Å²) in [6, 6.07) is 8.40. The molecule has 0 saturated carbocycles. The van der Waals surface area contributed by atoms with Gasteiger partial charge in [0.2, 0.25) is 0 Å². The van der Waals surface area contributed by atoms with E-state index in [4.69, 9.17) is 5.73 Å². The van der Waals surface area contributed by atoms with Gasteiger partial charge in [-0.25, -0.2) is 0 Å². The van der Waals surface area contributed by atoms with Crippen LogP contribution in [0.15, 0.2) is 24.3 Å². The summed E-state index contributed by atoms with van der Waals surface area (Å²) >= 11 is 0. The third kappa shape index (κ3) is 7.10. The maximum Gasteiger partial charge on any atom is 0.0802 e. The highest BCUT2D eigenvalue weighted by molar-refractivity contribution is 5.25. The molecule has 0 radical (unpaired) electrons. The van der Waals surface area contributed by atoms with Crippen molar-refractivity contribution in [1.29, 1.82) is 0 Å². The minimum Gasteiger partial charge on any atom is -0.388 e. The van der Waals surface area contributed by atoms with Crippen LogP contribution in [0.25, 0.3) is 0 Å². The fourth-order valence-corrected chi connectivity index (χ4v) is 2.99. The third-order valence-electron chi connectivity index (χ3n) is 4.28. The predicted octanol–water partition coefficient (Wildman–Crippen LogP) is 4.61. The standard InChI is InChI=1S/C19H33NO/c1-3-5-8-16(7-4-2)11-12-17-9-6-10-18(15-17)19(21)13-14-20/h6,9-10,15-16,19,21H,3-5,7-8,11-14,20H2,1-2H3. The van der Waals surface area contributed by atoms with E-state index in [9.17, 15) is 5.11 Å². The lowest BCUT2D eigenvalue weighted by molar-refractivity contribution is 0.170. The van der Waals surface area contributed by atoms with Gasteiger partial charge < -0.3 is 10.8 Å². The number of benzene rings is 1. The first kappa shape index (κ1) is 18.2. The molecule has 2 nitrogen and oxygen atoms in total. The molecular weight excluding hydrogens is 258 g/mol. The Kier molecular flexibility index (Phi) is 9.36. The summed E-state index contributed by atoms with van der Waals surface area (Å²) in [5.74, 6) is 0.854. The van der Waals surface area contributed by atoms with Crippen molar-refractivity contribution in [2.24, 2.45) is 11.7 Å². The van der Waals surface area contributed by atoms with E-state index in [0.717, 1.165) is 17.9 Å². The number of rotatable bonds is 11. The summed E-state index contributed by atoms with van der Waals surface area (Å²) in [6.07, 6.45) is 9.24. The molecule has 0 aliphatic rings. The second-order valence-corrected chi connectivity index (χ2v) is 6.17. The van der Waals surface area contributed by atoms with Crippen LogP contribution in [0.3, 0.4) is 0 Å². The highest BCUT2D eigenvalue weighted by Gasteiger charge is 2.10. The van der Waals surface area contributed by atoms with Crippen molar-refractivity contribution in [3.05, 3.63) is 35.4 Å². The predicted molar refractivity (Wildman–Crippen MR) is 91.3 cm³/mol. The molecule has 0 amide bonds. The first-order chi connectivity index (χ1) is 10.2. The molecule has 0 aliphatic carbocycles. The first-order valence-corrected chi connectivity index (χ1v) is 8.68. The van der Waals surface area contributed by atoms with Crippen molar-refractivity contribution in [3.8, 4) is 0 Å². The van der Waals surface area contributed by atoms with Crippen LogP contribution in [-0.2, 0) is 6.42 Å². The molecule has 2 atom stereocenters. The van der Waals surface area contributed by atoms with Gasteiger partial charge in [0, 0.05) is 0 Å². The van der Waals surface area contributed by atoms with Crippen LogP contribution in [0.5, 0.6) is 0 Å². The molecular formula is C19H33NO. The van der Waals surface area contributed by atoms with Crippen LogP contribution < -0.4 is 5.73 Å².